The first kappa shape index (κ1) is 12.8. The zero-order valence-electron chi connectivity index (χ0n) is 10.00. The number of likely N-dealkylation sites (tertiary alicyclic amines) is 1. The van der Waals surface area contributed by atoms with Gasteiger partial charge in [0.2, 0.25) is 0 Å². The lowest BCUT2D eigenvalue weighted by Gasteiger charge is -2.18. The van der Waals surface area contributed by atoms with E-state index in [2.05, 4.69) is 4.90 Å². The number of halogens is 2. The normalized spacial score (nSPS) is 22.9. The second-order valence-electron chi connectivity index (χ2n) is 4.86. The molecule has 0 saturated carbocycles. The first-order valence-corrected chi connectivity index (χ1v) is 6.36. The van der Waals surface area contributed by atoms with Gasteiger partial charge in [-0.05, 0) is 37.4 Å². The highest BCUT2D eigenvalue weighted by Gasteiger charge is 2.25. The summed E-state index contributed by atoms with van der Waals surface area (Å²) in [5, 5.41) is 0.247. The second kappa shape index (κ2) is 5.34. The van der Waals surface area contributed by atoms with E-state index in [9.17, 15) is 4.39 Å². The third-order valence-electron chi connectivity index (χ3n) is 3.48. The Morgan fingerprint density at radius 2 is 2.35 bits per heavy atom. The maximum atomic E-state index is 13.3. The predicted molar refractivity (Wildman–Crippen MR) is 68.4 cm³/mol. The molecular formula is C13H18ClFN2. The topological polar surface area (TPSA) is 29.3 Å². The van der Waals surface area contributed by atoms with Crippen LogP contribution in [-0.4, -0.2) is 24.0 Å². The van der Waals surface area contributed by atoms with Crippen molar-refractivity contribution in [2.24, 2.45) is 11.7 Å². The van der Waals surface area contributed by atoms with Gasteiger partial charge in [0.05, 0.1) is 5.02 Å². The highest BCUT2D eigenvalue weighted by Crippen LogP contribution is 2.25. The van der Waals surface area contributed by atoms with Crippen molar-refractivity contribution < 1.29 is 4.39 Å². The van der Waals surface area contributed by atoms with Crippen LogP contribution in [-0.2, 0) is 6.54 Å². The quantitative estimate of drug-likeness (QED) is 0.901. The molecule has 0 spiro atoms. The fourth-order valence-corrected chi connectivity index (χ4v) is 2.53. The number of nitrogens with two attached hydrogens (primary N) is 1. The van der Waals surface area contributed by atoms with Gasteiger partial charge < -0.3 is 5.73 Å². The molecule has 1 aromatic rings. The van der Waals surface area contributed by atoms with Crippen LogP contribution in [0.5, 0.6) is 0 Å². The molecule has 2 N–H and O–H groups in total. The summed E-state index contributed by atoms with van der Waals surface area (Å²) in [6, 6.07) is 5.20. The van der Waals surface area contributed by atoms with E-state index in [1.807, 2.05) is 13.0 Å². The van der Waals surface area contributed by atoms with Crippen molar-refractivity contribution in [3.8, 4) is 0 Å². The van der Waals surface area contributed by atoms with Gasteiger partial charge in [0, 0.05) is 19.1 Å². The summed E-state index contributed by atoms with van der Waals surface area (Å²) in [4.78, 5) is 2.29. The van der Waals surface area contributed by atoms with E-state index in [1.165, 1.54) is 6.07 Å². The molecule has 2 nitrogen and oxygen atoms in total. The SMILES string of the molecule is CC(N)C1CCN(Cc2cccc(F)c2Cl)C1. The van der Waals surface area contributed by atoms with E-state index >= 15 is 0 Å². The van der Waals surface area contributed by atoms with Crippen LogP contribution < -0.4 is 5.73 Å². The van der Waals surface area contributed by atoms with E-state index in [4.69, 9.17) is 17.3 Å². The number of hydrogen-bond donors (Lipinski definition) is 1. The molecule has 0 aliphatic carbocycles. The summed E-state index contributed by atoms with van der Waals surface area (Å²) in [5.74, 6) is 0.203. The minimum absolute atomic E-state index is 0.225. The molecule has 1 aromatic carbocycles. The van der Waals surface area contributed by atoms with Gasteiger partial charge in [0.15, 0.2) is 0 Å². The zero-order chi connectivity index (χ0) is 12.4. The fourth-order valence-electron chi connectivity index (χ4n) is 2.35. The maximum absolute atomic E-state index is 13.3. The second-order valence-corrected chi connectivity index (χ2v) is 5.23. The molecule has 1 aliphatic rings. The highest BCUT2D eigenvalue weighted by atomic mass is 35.5. The first-order chi connectivity index (χ1) is 8.08. The molecule has 1 fully saturated rings. The van der Waals surface area contributed by atoms with Gasteiger partial charge in [-0.3, -0.25) is 4.90 Å². The Balaban J connectivity index is 2.00. The van der Waals surface area contributed by atoms with Crippen molar-refractivity contribution in [2.45, 2.75) is 25.9 Å². The predicted octanol–water partition coefficient (Wildman–Crippen LogP) is 2.65. The standard InChI is InChI=1S/C13H18ClFN2/c1-9(16)10-5-6-17(7-10)8-11-3-2-4-12(15)13(11)14/h2-4,9-10H,5-8,16H2,1H3. The molecule has 0 radical (unpaired) electrons. The fraction of sp³-hybridized carbons (Fsp3) is 0.538. The van der Waals surface area contributed by atoms with Crippen LogP contribution in [0.1, 0.15) is 18.9 Å². The van der Waals surface area contributed by atoms with E-state index < -0.39 is 0 Å². The zero-order valence-corrected chi connectivity index (χ0v) is 10.8. The summed E-state index contributed by atoms with van der Waals surface area (Å²) in [7, 11) is 0. The third kappa shape index (κ3) is 2.97. The van der Waals surface area contributed by atoms with Gasteiger partial charge >= 0.3 is 0 Å². The molecule has 0 amide bonds. The monoisotopic (exact) mass is 256 g/mol. The van der Waals surface area contributed by atoms with Crippen LogP contribution in [0.4, 0.5) is 4.39 Å². The van der Waals surface area contributed by atoms with Crippen molar-refractivity contribution in [1.82, 2.24) is 4.90 Å². The molecule has 2 rings (SSSR count). The Morgan fingerprint density at radius 1 is 1.59 bits per heavy atom. The number of benzene rings is 1. The number of nitrogens with zero attached hydrogens (tertiary/aromatic N) is 1. The van der Waals surface area contributed by atoms with E-state index in [0.717, 1.165) is 25.1 Å². The van der Waals surface area contributed by atoms with Crippen LogP contribution in [0.25, 0.3) is 0 Å². The van der Waals surface area contributed by atoms with E-state index in [0.29, 0.717) is 12.5 Å². The summed E-state index contributed by atoms with van der Waals surface area (Å²) in [6.07, 6.45) is 1.12. The van der Waals surface area contributed by atoms with E-state index in [-0.39, 0.29) is 16.9 Å². The Labute approximate surface area is 107 Å². The van der Waals surface area contributed by atoms with Crippen LogP contribution in [0.2, 0.25) is 5.02 Å². The van der Waals surface area contributed by atoms with Crippen molar-refractivity contribution in [3.63, 3.8) is 0 Å². The van der Waals surface area contributed by atoms with Crippen LogP contribution in [0.3, 0.4) is 0 Å². The van der Waals surface area contributed by atoms with Crippen LogP contribution in [0.15, 0.2) is 18.2 Å². The van der Waals surface area contributed by atoms with Gasteiger partial charge in [-0.25, -0.2) is 4.39 Å². The van der Waals surface area contributed by atoms with Gasteiger partial charge in [0.25, 0.3) is 0 Å². The molecule has 17 heavy (non-hydrogen) atoms. The van der Waals surface area contributed by atoms with Crippen LogP contribution in [0, 0.1) is 11.7 Å². The van der Waals surface area contributed by atoms with Crippen LogP contribution >= 0.6 is 11.6 Å². The minimum Gasteiger partial charge on any atom is -0.328 e. The minimum atomic E-state index is -0.341. The number of rotatable bonds is 3. The molecule has 2 atom stereocenters. The largest absolute Gasteiger partial charge is 0.328 e. The molecule has 1 aliphatic heterocycles. The summed E-state index contributed by atoms with van der Waals surface area (Å²) in [6.45, 7) is 4.74. The Hall–Kier alpha value is -0.640. The maximum Gasteiger partial charge on any atom is 0.142 e. The lowest BCUT2D eigenvalue weighted by atomic mass is 10.0. The average Bonchev–Trinajstić information content (AvgIpc) is 2.73. The van der Waals surface area contributed by atoms with Crippen molar-refractivity contribution in [1.29, 1.82) is 0 Å². The average molecular weight is 257 g/mol. The third-order valence-corrected chi connectivity index (χ3v) is 3.90. The molecule has 0 bridgehead atoms. The summed E-state index contributed by atoms with van der Waals surface area (Å²) in [5.41, 5.74) is 6.75. The van der Waals surface area contributed by atoms with Gasteiger partial charge in [-0.1, -0.05) is 23.7 Å². The van der Waals surface area contributed by atoms with Crippen molar-refractivity contribution >= 4 is 11.6 Å². The molecular weight excluding hydrogens is 239 g/mol. The van der Waals surface area contributed by atoms with Gasteiger partial charge in [0.1, 0.15) is 5.82 Å². The molecule has 1 saturated heterocycles. The molecule has 2 unspecified atom stereocenters. The molecule has 1 heterocycles. The molecule has 4 heteroatoms. The van der Waals surface area contributed by atoms with E-state index in [1.54, 1.807) is 6.07 Å². The smallest absolute Gasteiger partial charge is 0.142 e. The lowest BCUT2D eigenvalue weighted by Crippen LogP contribution is -2.29. The van der Waals surface area contributed by atoms with Gasteiger partial charge in [-0.15, -0.1) is 0 Å². The number of hydrogen-bond acceptors (Lipinski definition) is 2. The summed E-state index contributed by atoms with van der Waals surface area (Å²) >= 11 is 5.94. The van der Waals surface area contributed by atoms with Gasteiger partial charge in [-0.2, -0.15) is 0 Å². The lowest BCUT2D eigenvalue weighted by molar-refractivity contribution is 0.308. The Kier molecular flexibility index (Phi) is 4.02. The Morgan fingerprint density at radius 3 is 3.00 bits per heavy atom. The van der Waals surface area contributed by atoms with Crippen molar-refractivity contribution in [2.75, 3.05) is 13.1 Å². The first-order valence-electron chi connectivity index (χ1n) is 5.98. The molecule has 94 valence electrons. The Bertz CT molecular complexity index is 395. The molecule has 0 aromatic heterocycles. The van der Waals surface area contributed by atoms with Crippen molar-refractivity contribution in [3.05, 3.63) is 34.6 Å². The summed E-state index contributed by atoms with van der Waals surface area (Å²) < 4.78 is 13.3. The highest BCUT2D eigenvalue weighted by molar-refractivity contribution is 6.31.